The summed E-state index contributed by atoms with van der Waals surface area (Å²) in [5, 5.41) is 14.0. The van der Waals surface area contributed by atoms with Gasteiger partial charge in [-0.15, -0.1) is 0 Å². The van der Waals surface area contributed by atoms with Crippen molar-refractivity contribution in [2.24, 2.45) is 0 Å². The fraction of sp³-hybridized carbons (Fsp3) is 0.605. The standard InChI is InChI=1S/C43H48F6N8O5/c1-22-15-27-29(26(17-50)53-57(27)28-9-6-7-14-60-28)30(33(22)43(47,48)49)31-34(45)36-32(37(59-5)35(31)46)38(52-39(51-36)61-21-42-12-8-13-55(42)18-23(44)16-42)54-19-24-10-11-25(20-54)56(24)40(58)62-41(2,3)4/h15,23-25,28H,6-14,16,18-21H2,1-5H3/t23-,24?,25?,28?,42+/m1/s1. The number of hydrogen-bond acceptors (Lipinski definition) is 11. The van der Waals surface area contributed by atoms with E-state index in [0.29, 0.717) is 38.8 Å². The quantitative estimate of drug-likeness (QED) is 0.166. The predicted octanol–water partition coefficient (Wildman–Crippen LogP) is 8.37. The van der Waals surface area contributed by atoms with E-state index in [9.17, 15) is 14.4 Å². The molecule has 0 spiro atoms. The summed E-state index contributed by atoms with van der Waals surface area (Å²) < 4.78 is 121. The average molecular weight is 871 g/mol. The number of fused-ring (bicyclic) bond motifs is 5. The fourth-order valence-electron chi connectivity index (χ4n) is 10.5. The second kappa shape index (κ2) is 15.3. The van der Waals surface area contributed by atoms with Gasteiger partial charge in [0, 0.05) is 43.6 Å². The first-order valence-electron chi connectivity index (χ1n) is 21.1. The molecule has 3 unspecified atom stereocenters. The van der Waals surface area contributed by atoms with Gasteiger partial charge in [0.25, 0.3) is 0 Å². The number of rotatable bonds is 7. The lowest BCUT2D eigenvalue weighted by molar-refractivity contribution is -0.137. The van der Waals surface area contributed by atoms with E-state index in [-0.39, 0.29) is 73.0 Å². The van der Waals surface area contributed by atoms with E-state index in [1.807, 2.05) is 11.0 Å². The summed E-state index contributed by atoms with van der Waals surface area (Å²) in [4.78, 5) is 28.0. The number of methoxy groups -OCH3 is 1. The van der Waals surface area contributed by atoms with Gasteiger partial charge in [0.05, 0.1) is 46.8 Å². The second-order valence-electron chi connectivity index (χ2n) is 18.2. The van der Waals surface area contributed by atoms with Crippen LogP contribution in [-0.4, -0.2) is 112 Å². The maximum absolute atomic E-state index is 17.9. The number of anilines is 1. The highest BCUT2D eigenvalue weighted by Crippen LogP contribution is 2.51. The molecule has 19 heteroatoms. The summed E-state index contributed by atoms with van der Waals surface area (Å²) in [5.41, 5.74) is -6.29. The van der Waals surface area contributed by atoms with Crippen molar-refractivity contribution in [1.29, 1.82) is 5.26 Å². The Labute approximate surface area is 353 Å². The first-order valence-corrected chi connectivity index (χ1v) is 21.1. The molecule has 62 heavy (non-hydrogen) atoms. The molecule has 2 aromatic carbocycles. The van der Waals surface area contributed by atoms with Gasteiger partial charge < -0.3 is 23.8 Å². The molecule has 5 atom stereocenters. The van der Waals surface area contributed by atoms with E-state index in [2.05, 4.69) is 10.1 Å². The van der Waals surface area contributed by atoms with Gasteiger partial charge in [-0.1, -0.05) is 0 Å². The molecule has 0 saturated carbocycles. The third kappa shape index (κ3) is 7.01. The molecule has 1 amide bonds. The van der Waals surface area contributed by atoms with Crippen LogP contribution in [-0.2, 0) is 15.7 Å². The number of piperazine rings is 1. The van der Waals surface area contributed by atoms with Crippen molar-refractivity contribution < 1.29 is 50.1 Å². The minimum Gasteiger partial charge on any atom is -0.493 e. The van der Waals surface area contributed by atoms with Crippen LogP contribution in [0.25, 0.3) is 32.9 Å². The highest BCUT2D eigenvalue weighted by molar-refractivity contribution is 6.06. The van der Waals surface area contributed by atoms with Crippen LogP contribution >= 0.6 is 0 Å². The zero-order chi connectivity index (χ0) is 44.0. The molecular formula is C43H48F6N8O5. The van der Waals surface area contributed by atoms with Crippen molar-refractivity contribution in [3.63, 3.8) is 0 Å². The molecule has 2 bridgehead atoms. The first kappa shape index (κ1) is 42.2. The molecular weight excluding hydrogens is 823 g/mol. The molecule has 332 valence electrons. The largest absolute Gasteiger partial charge is 0.493 e. The summed E-state index contributed by atoms with van der Waals surface area (Å²) >= 11 is 0. The molecule has 9 rings (SSSR count). The number of alkyl halides is 4. The van der Waals surface area contributed by atoms with E-state index in [4.69, 9.17) is 23.9 Å². The van der Waals surface area contributed by atoms with E-state index in [1.165, 1.54) is 17.7 Å². The van der Waals surface area contributed by atoms with Crippen molar-refractivity contribution in [1.82, 2.24) is 29.5 Å². The Bertz CT molecular complexity index is 2480. The van der Waals surface area contributed by atoms with Crippen molar-refractivity contribution in [3.8, 4) is 29.0 Å². The smallest absolute Gasteiger partial charge is 0.417 e. The van der Waals surface area contributed by atoms with Crippen LogP contribution in [0.1, 0.15) is 95.2 Å². The Morgan fingerprint density at radius 2 is 1.76 bits per heavy atom. The highest BCUT2D eigenvalue weighted by atomic mass is 19.4. The Kier molecular flexibility index (Phi) is 10.4. The molecule has 5 aliphatic heterocycles. The van der Waals surface area contributed by atoms with Crippen molar-refractivity contribution in [3.05, 3.63) is 34.5 Å². The number of ether oxygens (including phenoxy) is 4. The van der Waals surface area contributed by atoms with Gasteiger partial charge in [-0.3, -0.25) is 9.80 Å². The lowest BCUT2D eigenvalue weighted by Crippen LogP contribution is -2.57. The molecule has 4 aromatic rings. The van der Waals surface area contributed by atoms with E-state index in [1.54, 1.807) is 30.6 Å². The zero-order valence-corrected chi connectivity index (χ0v) is 35.2. The number of aromatic nitrogens is 4. The number of carbonyl (C=O) groups is 1. The average Bonchev–Trinajstić information content (AvgIpc) is 3.93. The van der Waals surface area contributed by atoms with Crippen molar-refractivity contribution >= 4 is 33.7 Å². The number of nitriles is 1. The van der Waals surface area contributed by atoms with Crippen LogP contribution < -0.4 is 14.4 Å². The van der Waals surface area contributed by atoms with Crippen LogP contribution in [0.3, 0.4) is 0 Å². The molecule has 2 aromatic heterocycles. The second-order valence-corrected chi connectivity index (χ2v) is 18.2. The van der Waals surface area contributed by atoms with Crippen molar-refractivity contribution in [2.45, 2.75) is 121 Å². The Morgan fingerprint density at radius 1 is 1.02 bits per heavy atom. The topological polar surface area (TPSA) is 131 Å². The van der Waals surface area contributed by atoms with E-state index >= 15 is 22.0 Å². The number of benzene rings is 2. The number of amides is 1. The minimum absolute atomic E-state index is 0.0204. The number of halogens is 6. The lowest BCUT2D eigenvalue weighted by atomic mass is 9.89. The Balaban J connectivity index is 1.26. The predicted molar refractivity (Wildman–Crippen MR) is 214 cm³/mol. The van der Waals surface area contributed by atoms with Gasteiger partial charge in [0.15, 0.2) is 29.3 Å². The molecule has 5 fully saturated rings. The molecule has 0 N–H and O–H groups in total. The highest BCUT2D eigenvalue weighted by Gasteiger charge is 2.50. The summed E-state index contributed by atoms with van der Waals surface area (Å²) in [6, 6.07) is 1.94. The van der Waals surface area contributed by atoms with Gasteiger partial charge in [0.2, 0.25) is 0 Å². The lowest BCUT2D eigenvalue weighted by Gasteiger charge is -2.42. The molecule has 7 heterocycles. The number of nitrogens with zero attached hydrogens (tertiary/aromatic N) is 8. The SMILES string of the molecule is COc1c(F)c(-c2c(C(F)(F)F)c(C)cc3c2c(C#N)nn3C2CCCCO2)c(F)c2nc(OC[C@@]34CCCN3C[C@H](F)C4)nc(N3CC4CCC(C3)N4C(=O)OC(C)(C)C)c12. The summed E-state index contributed by atoms with van der Waals surface area (Å²) in [7, 11) is 1.11. The molecule has 5 aliphatic rings. The maximum Gasteiger partial charge on any atom is 0.417 e. The third-order valence-corrected chi connectivity index (χ3v) is 13.0. The zero-order valence-electron chi connectivity index (χ0n) is 35.2. The molecule has 0 aliphatic carbocycles. The van der Waals surface area contributed by atoms with Crippen LogP contribution in [0.2, 0.25) is 0 Å². The van der Waals surface area contributed by atoms with Gasteiger partial charge in [-0.05, 0) is 90.8 Å². The van der Waals surface area contributed by atoms with Crippen LogP contribution in [0.15, 0.2) is 6.07 Å². The van der Waals surface area contributed by atoms with Gasteiger partial charge in [0.1, 0.15) is 35.8 Å². The van der Waals surface area contributed by atoms with Crippen molar-refractivity contribution in [2.75, 3.05) is 51.4 Å². The fourth-order valence-corrected chi connectivity index (χ4v) is 10.5. The summed E-state index contributed by atoms with van der Waals surface area (Å²) in [6.07, 6.45) is -2.71. The summed E-state index contributed by atoms with van der Waals surface area (Å²) in [5.74, 6) is -3.61. The minimum atomic E-state index is -5.16. The van der Waals surface area contributed by atoms with Crippen LogP contribution in [0.4, 0.5) is 37.0 Å². The van der Waals surface area contributed by atoms with Gasteiger partial charge >= 0.3 is 18.3 Å². The summed E-state index contributed by atoms with van der Waals surface area (Å²) in [6.45, 7) is 7.97. The van der Waals surface area contributed by atoms with Gasteiger partial charge in [-0.25, -0.2) is 22.6 Å². The number of hydrogen-bond donors (Lipinski definition) is 0. The first-order chi connectivity index (χ1) is 29.4. The maximum atomic E-state index is 17.9. The normalized spacial score (nSPS) is 25.5. The Hall–Kier alpha value is -5.09. The van der Waals surface area contributed by atoms with E-state index in [0.717, 1.165) is 26.4 Å². The van der Waals surface area contributed by atoms with E-state index < -0.39 is 86.5 Å². The molecule has 13 nitrogen and oxygen atoms in total. The van der Waals surface area contributed by atoms with Crippen LogP contribution in [0, 0.1) is 29.9 Å². The third-order valence-electron chi connectivity index (χ3n) is 13.0. The van der Waals surface area contributed by atoms with Crippen LogP contribution in [0.5, 0.6) is 11.8 Å². The number of aryl methyl sites for hydroxylation is 1. The Morgan fingerprint density at radius 3 is 2.40 bits per heavy atom. The number of carbonyl (C=O) groups excluding carboxylic acids is 1. The molecule has 5 saturated heterocycles. The molecule has 0 radical (unpaired) electrons. The van der Waals surface area contributed by atoms with Gasteiger partial charge in [-0.2, -0.15) is 33.5 Å². The monoisotopic (exact) mass is 870 g/mol.